The van der Waals surface area contributed by atoms with Crippen LogP contribution in [-0.2, 0) is 9.59 Å². The molecule has 0 saturated heterocycles. The predicted octanol–water partition coefficient (Wildman–Crippen LogP) is 3.39. The highest BCUT2D eigenvalue weighted by molar-refractivity contribution is 8.01. The Morgan fingerprint density at radius 1 is 1.25 bits per heavy atom. The minimum atomic E-state index is -0.358. The molecule has 0 spiro atoms. The van der Waals surface area contributed by atoms with Crippen LogP contribution in [0.2, 0.25) is 0 Å². The molecule has 0 aliphatic rings. The number of thioether (sulfide) groups is 1. The van der Waals surface area contributed by atoms with E-state index in [4.69, 9.17) is 0 Å². The van der Waals surface area contributed by atoms with Crippen molar-refractivity contribution < 1.29 is 14.0 Å². The van der Waals surface area contributed by atoms with Crippen molar-refractivity contribution in [2.24, 2.45) is 5.92 Å². The van der Waals surface area contributed by atoms with Crippen LogP contribution in [-0.4, -0.2) is 27.8 Å². The lowest BCUT2D eigenvalue weighted by atomic mass is 10.1. The smallest absolute Gasteiger partial charge is 0.234 e. The van der Waals surface area contributed by atoms with Crippen molar-refractivity contribution in [1.82, 2.24) is 10.2 Å². The van der Waals surface area contributed by atoms with E-state index in [0.717, 1.165) is 6.42 Å². The molecule has 6 nitrogen and oxygen atoms in total. The van der Waals surface area contributed by atoms with Gasteiger partial charge in [-0.15, -0.1) is 10.2 Å². The normalized spacial score (nSPS) is 11.8. The van der Waals surface area contributed by atoms with Crippen LogP contribution in [0.25, 0.3) is 0 Å². The molecule has 2 amide bonds. The average molecular weight is 368 g/mol. The van der Waals surface area contributed by atoms with Crippen molar-refractivity contribution in [3.8, 4) is 0 Å². The van der Waals surface area contributed by atoms with Crippen LogP contribution < -0.4 is 10.6 Å². The van der Waals surface area contributed by atoms with Gasteiger partial charge in [0.2, 0.25) is 16.9 Å². The van der Waals surface area contributed by atoms with E-state index >= 15 is 0 Å². The molecule has 1 aromatic carbocycles. The molecule has 128 valence electrons. The summed E-state index contributed by atoms with van der Waals surface area (Å²) < 4.78 is 13.4. The lowest BCUT2D eigenvalue weighted by Crippen LogP contribution is -2.19. The molecule has 0 unspecified atom stereocenters. The van der Waals surface area contributed by atoms with Gasteiger partial charge in [0, 0.05) is 11.6 Å². The van der Waals surface area contributed by atoms with Gasteiger partial charge in [0.05, 0.1) is 5.75 Å². The quantitative estimate of drug-likeness (QED) is 0.578. The van der Waals surface area contributed by atoms with Crippen molar-refractivity contribution in [3.05, 3.63) is 30.1 Å². The van der Waals surface area contributed by atoms with Crippen LogP contribution in [0, 0.1) is 11.7 Å². The van der Waals surface area contributed by atoms with E-state index in [1.165, 1.54) is 47.4 Å². The predicted molar refractivity (Wildman–Crippen MR) is 93.7 cm³/mol. The summed E-state index contributed by atoms with van der Waals surface area (Å²) in [4.78, 5) is 23.6. The van der Waals surface area contributed by atoms with Gasteiger partial charge in [-0.1, -0.05) is 36.9 Å². The first-order chi connectivity index (χ1) is 11.5. The average Bonchev–Trinajstić information content (AvgIpc) is 3.01. The van der Waals surface area contributed by atoms with E-state index in [0.29, 0.717) is 15.2 Å². The number of carbonyl (C=O) groups is 2. The van der Waals surface area contributed by atoms with Crippen molar-refractivity contribution in [1.29, 1.82) is 0 Å². The van der Waals surface area contributed by atoms with Crippen molar-refractivity contribution in [2.75, 3.05) is 16.4 Å². The molecular weight excluding hydrogens is 351 g/mol. The molecular formula is C15H17FN4O2S2. The second kappa shape index (κ2) is 8.74. The van der Waals surface area contributed by atoms with Crippen LogP contribution in [0.3, 0.4) is 0 Å². The maximum absolute atomic E-state index is 12.8. The van der Waals surface area contributed by atoms with Gasteiger partial charge in [0.1, 0.15) is 5.82 Å². The van der Waals surface area contributed by atoms with E-state index in [2.05, 4.69) is 20.8 Å². The van der Waals surface area contributed by atoms with E-state index < -0.39 is 0 Å². The van der Waals surface area contributed by atoms with Crippen LogP contribution in [0.5, 0.6) is 0 Å². The number of hydrogen-bond acceptors (Lipinski definition) is 6. The van der Waals surface area contributed by atoms with Crippen LogP contribution in [0.4, 0.5) is 15.2 Å². The SMILES string of the molecule is CC[C@@H](C)C(=O)Nc1nnc(SCC(=O)Nc2ccc(F)cc2)s1. The Morgan fingerprint density at radius 2 is 1.96 bits per heavy atom. The molecule has 0 aliphatic carbocycles. The Morgan fingerprint density at radius 3 is 2.62 bits per heavy atom. The first kappa shape index (κ1) is 18.3. The molecule has 1 heterocycles. The Kier molecular flexibility index (Phi) is 6.68. The first-order valence-electron chi connectivity index (χ1n) is 7.30. The Bertz CT molecular complexity index is 706. The maximum Gasteiger partial charge on any atom is 0.234 e. The third kappa shape index (κ3) is 5.57. The van der Waals surface area contributed by atoms with E-state index in [1.807, 2.05) is 13.8 Å². The number of halogens is 1. The summed E-state index contributed by atoms with van der Waals surface area (Å²) in [6.07, 6.45) is 0.746. The minimum absolute atomic E-state index is 0.0912. The zero-order chi connectivity index (χ0) is 17.5. The Labute approximate surface area is 147 Å². The number of carbonyl (C=O) groups excluding carboxylic acids is 2. The van der Waals surface area contributed by atoms with E-state index in [9.17, 15) is 14.0 Å². The fourth-order valence-electron chi connectivity index (χ4n) is 1.59. The third-order valence-electron chi connectivity index (χ3n) is 3.15. The van der Waals surface area contributed by atoms with Gasteiger partial charge in [0.15, 0.2) is 4.34 Å². The molecule has 2 aromatic rings. The number of rotatable bonds is 7. The van der Waals surface area contributed by atoms with Gasteiger partial charge in [0.25, 0.3) is 0 Å². The molecule has 2 N–H and O–H groups in total. The van der Waals surface area contributed by atoms with Crippen LogP contribution in [0.1, 0.15) is 20.3 Å². The number of benzene rings is 1. The first-order valence-corrected chi connectivity index (χ1v) is 9.10. The largest absolute Gasteiger partial charge is 0.325 e. The highest BCUT2D eigenvalue weighted by Gasteiger charge is 2.14. The van der Waals surface area contributed by atoms with Gasteiger partial charge in [-0.3, -0.25) is 9.59 Å². The molecule has 24 heavy (non-hydrogen) atoms. The number of hydrogen-bond donors (Lipinski definition) is 2. The number of aromatic nitrogens is 2. The number of nitrogens with one attached hydrogen (secondary N) is 2. The highest BCUT2D eigenvalue weighted by atomic mass is 32.2. The summed E-state index contributed by atoms with van der Waals surface area (Å²) in [7, 11) is 0. The lowest BCUT2D eigenvalue weighted by molar-refractivity contribution is -0.119. The molecule has 1 atom stereocenters. The van der Waals surface area contributed by atoms with Gasteiger partial charge >= 0.3 is 0 Å². The second-order valence-corrected chi connectivity index (χ2v) is 7.22. The molecule has 0 aliphatic heterocycles. The summed E-state index contributed by atoms with van der Waals surface area (Å²) in [5, 5.41) is 13.6. The number of amides is 2. The lowest BCUT2D eigenvalue weighted by Gasteiger charge is -2.06. The number of anilines is 2. The molecule has 0 saturated carbocycles. The summed E-state index contributed by atoms with van der Waals surface area (Å²) in [6.45, 7) is 3.77. The standard InChI is InChI=1S/C15H17FN4O2S2/c1-3-9(2)13(22)18-14-19-20-15(24-14)23-8-12(21)17-11-6-4-10(16)5-7-11/h4-7,9H,3,8H2,1-2H3,(H,17,21)(H,18,19,22)/t9-/m1/s1. The summed E-state index contributed by atoms with van der Waals surface area (Å²) in [6, 6.07) is 5.54. The van der Waals surface area contributed by atoms with Crippen LogP contribution in [0.15, 0.2) is 28.6 Å². The monoisotopic (exact) mass is 368 g/mol. The van der Waals surface area contributed by atoms with Gasteiger partial charge in [-0.2, -0.15) is 0 Å². The fraction of sp³-hybridized carbons (Fsp3) is 0.333. The zero-order valence-corrected chi connectivity index (χ0v) is 14.8. The van der Waals surface area contributed by atoms with Crippen molar-refractivity contribution in [2.45, 2.75) is 24.6 Å². The molecule has 9 heteroatoms. The minimum Gasteiger partial charge on any atom is -0.325 e. The highest BCUT2D eigenvalue weighted by Crippen LogP contribution is 2.26. The molecule has 2 rings (SSSR count). The van der Waals surface area contributed by atoms with Gasteiger partial charge < -0.3 is 10.6 Å². The molecule has 0 bridgehead atoms. The topological polar surface area (TPSA) is 84.0 Å². The second-order valence-electron chi connectivity index (χ2n) is 5.02. The molecule has 1 aromatic heterocycles. The Hall–Kier alpha value is -2.00. The molecule has 0 fully saturated rings. The number of nitrogens with zero attached hydrogens (tertiary/aromatic N) is 2. The van der Waals surface area contributed by atoms with E-state index in [1.54, 1.807) is 0 Å². The van der Waals surface area contributed by atoms with E-state index in [-0.39, 0.29) is 29.3 Å². The van der Waals surface area contributed by atoms with Crippen molar-refractivity contribution in [3.63, 3.8) is 0 Å². The molecule has 0 radical (unpaired) electrons. The Balaban J connectivity index is 1.81. The van der Waals surface area contributed by atoms with Crippen molar-refractivity contribution >= 4 is 45.7 Å². The third-order valence-corrected chi connectivity index (χ3v) is 5.12. The summed E-state index contributed by atoms with van der Waals surface area (Å²) >= 11 is 2.44. The van der Waals surface area contributed by atoms with Gasteiger partial charge in [-0.25, -0.2) is 4.39 Å². The summed E-state index contributed by atoms with van der Waals surface area (Å²) in [5.74, 6) is -0.633. The summed E-state index contributed by atoms with van der Waals surface area (Å²) in [5.41, 5.74) is 0.528. The zero-order valence-electron chi connectivity index (χ0n) is 13.2. The van der Waals surface area contributed by atoms with Gasteiger partial charge in [-0.05, 0) is 30.7 Å². The van der Waals surface area contributed by atoms with Crippen LogP contribution >= 0.6 is 23.1 Å². The fourth-order valence-corrected chi connectivity index (χ4v) is 3.15. The maximum atomic E-state index is 12.8.